The summed E-state index contributed by atoms with van der Waals surface area (Å²) >= 11 is 0. The molecule has 1 aromatic rings. The molecule has 0 atom stereocenters. The van der Waals surface area contributed by atoms with Gasteiger partial charge in [0.05, 0.1) is 17.2 Å². The molecule has 2 rings (SSSR count). The molecule has 116 valence electrons. The summed E-state index contributed by atoms with van der Waals surface area (Å²) in [6.45, 7) is 6.27. The molecule has 1 N–H and O–H groups in total. The number of ether oxygens (including phenoxy) is 1. The Hall–Kier alpha value is -1.86. The Morgan fingerprint density at radius 3 is 2.67 bits per heavy atom. The second kappa shape index (κ2) is 7.24. The molecular weight excluding hydrogens is 272 g/mol. The molecule has 0 bridgehead atoms. The number of benzene rings is 1. The van der Waals surface area contributed by atoms with Crippen molar-refractivity contribution in [2.45, 2.75) is 13.3 Å². The van der Waals surface area contributed by atoms with Crippen molar-refractivity contribution in [3.8, 4) is 5.75 Å². The summed E-state index contributed by atoms with van der Waals surface area (Å²) in [6, 6.07) is 4.91. The van der Waals surface area contributed by atoms with Gasteiger partial charge in [-0.25, -0.2) is 5.01 Å². The van der Waals surface area contributed by atoms with Gasteiger partial charge >= 0.3 is 5.69 Å². The normalized spacial score (nSPS) is 16.7. The first-order valence-corrected chi connectivity index (χ1v) is 7.21. The van der Waals surface area contributed by atoms with Crippen LogP contribution in [0.1, 0.15) is 13.3 Å². The molecule has 0 aliphatic carbocycles. The summed E-state index contributed by atoms with van der Waals surface area (Å²) in [4.78, 5) is 12.9. The van der Waals surface area contributed by atoms with Gasteiger partial charge in [-0.05, 0) is 19.5 Å². The fourth-order valence-corrected chi connectivity index (χ4v) is 2.16. The van der Waals surface area contributed by atoms with Gasteiger partial charge in [-0.2, -0.15) is 0 Å². The first-order chi connectivity index (χ1) is 10.1. The number of nitro groups is 1. The Morgan fingerprint density at radius 1 is 1.33 bits per heavy atom. The molecule has 21 heavy (non-hydrogen) atoms. The first-order valence-electron chi connectivity index (χ1n) is 7.21. The van der Waals surface area contributed by atoms with Crippen molar-refractivity contribution in [1.82, 2.24) is 9.91 Å². The lowest BCUT2D eigenvalue weighted by atomic mass is 10.2. The second-order valence-electron chi connectivity index (χ2n) is 5.19. The molecule has 1 saturated heterocycles. The maximum Gasteiger partial charge on any atom is 0.311 e. The number of nitro benzene ring substituents is 1. The number of piperazine rings is 1. The fraction of sp³-hybridized carbons (Fsp3) is 0.571. The number of rotatable bonds is 6. The van der Waals surface area contributed by atoms with Crippen molar-refractivity contribution in [3.05, 3.63) is 28.3 Å². The zero-order chi connectivity index (χ0) is 15.2. The SMILES string of the molecule is CCCOc1cc(NN2CCN(C)CC2)ccc1[N+](=O)[O-]. The van der Waals surface area contributed by atoms with E-state index in [0.29, 0.717) is 12.4 Å². The molecule has 1 aliphatic rings. The average molecular weight is 294 g/mol. The molecule has 0 aromatic heterocycles. The van der Waals surface area contributed by atoms with Crippen LogP contribution >= 0.6 is 0 Å². The van der Waals surface area contributed by atoms with Crippen molar-refractivity contribution in [2.75, 3.05) is 45.3 Å². The summed E-state index contributed by atoms with van der Waals surface area (Å²) in [5.41, 5.74) is 4.11. The maximum atomic E-state index is 11.0. The van der Waals surface area contributed by atoms with Gasteiger partial charge in [0, 0.05) is 38.3 Å². The summed E-state index contributed by atoms with van der Waals surface area (Å²) in [7, 11) is 2.10. The van der Waals surface area contributed by atoms with E-state index in [1.165, 1.54) is 6.07 Å². The van der Waals surface area contributed by atoms with Gasteiger partial charge in [0.25, 0.3) is 0 Å². The Balaban J connectivity index is 2.07. The average Bonchev–Trinajstić information content (AvgIpc) is 2.47. The zero-order valence-corrected chi connectivity index (χ0v) is 12.5. The molecule has 1 heterocycles. The molecule has 0 spiro atoms. The van der Waals surface area contributed by atoms with Gasteiger partial charge in [0.1, 0.15) is 0 Å². The highest BCUT2D eigenvalue weighted by atomic mass is 16.6. The quantitative estimate of drug-likeness (QED) is 0.639. The van der Waals surface area contributed by atoms with Crippen molar-refractivity contribution < 1.29 is 9.66 Å². The minimum absolute atomic E-state index is 0.00683. The number of nitrogens with zero attached hydrogens (tertiary/aromatic N) is 3. The van der Waals surface area contributed by atoms with Crippen LogP contribution in [0.3, 0.4) is 0 Å². The van der Waals surface area contributed by atoms with E-state index < -0.39 is 4.92 Å². The highest BCUT2D eigenvalue weighted by Crippen LogP contribution is 2.30. The molecule has 7 heteroatoms. The fourth-order valence-electron chi connectivity index (χ4n) is 2.16. The third kappa shape index (κ3) is 4.30. The van der Waals surface area contributed by atoms with Crippen LogP contribution in [-0.2, 0) is 0 Å². The van der Waals surface area contributed by atoms with E-state index in [1.807, 2.05) is 6.92 Å². The topological polar surface area (TPSA) is 70.9 Å². The first kappa shape index (κ1) is 15.5. The smallest absolute Gasteiger partial charge is 0.311 e. The molecule has 1 aromatic carbocycles. The minimum atomic E-state index is -0.412. The van der Waals surface area contributed by atoms with E-state index in [9.17, 15) is 10.1 Å². The summed E-state index contributed by atoms with van der Waals surface area (Å²) in [5, 5.41) is 13.1. The van der Waals surface area contributed by atoms with Crippen LogP contribution in [-0.4, -0.2) is 54.7 Å². The number of hydrazine groups is 1. The van der Waals surface area contributed by atoms with Crippen molar-refractivity contribution in [1.29, 1.82) is 0 Å². The van der Waals surface area contributed by atoms with Crippen LogP contribution in [0.4, 0.5) is 11.4 Å². The number of likely N-dealkylation sites (N-methyl/N-ethyl adjacent to an activating group) is 1. The highest BCUT2D eigenvalue weighted by Gasteiger charge is 2.18. The lowest BCUT2D eigenvalue weighted by Crippen LogP contribution is -2.46. The van der Waals surface area contributed by atoms with Crippen LogP contribution in [0, 0.1) is 10.1 Å². The Kier molecular flexibility index (Phi) is 5.35. The third-order valence-electron chi connectivity index (χ3n) is 3.41. The standard InChI is InChI=1S/C14H22N4O3/c1-3-10-21-14-11-12(4-5-13(14)18(19)20)15-17-8-6-16(2)7-9-17/h4-5,11,15H,3,6-10H2,1-2H3. The Labute approximate surface area is 124 Å². The van der Waals surface area contributed by atoms with Crippen molar-refractivity contribution in [2.24, 2.45) is 0 Å². The number of nitrogens with one attached hydrogen (secondary N) is 1. The second-order valence-corrected chi connectivity index (χ2v) is 5.19. The number of hydrogen-bond donors (Lipinski definition) is 1. The molecular formula is C14H22N4O3. The van der Waals surface area contributed by atoms with Gasteiger partial charge < -0.3 is 15.1 Å². The molecule has 7 nitrogen and oxygen atoms in total. The molecule has 0 saturated carbocycles. The van der Waals surface area contributed by atoms with E-state index in [2.05, 4.69) is 22.4 Å². The maximum absolute atomic E-state index is 11.0. The van der Waals surface area contributed by atoms with Crippen LogP contribution in [0.25, 0.3) is 0 Å². The molecule has 0 amide bonds. The van der Waals surface area contributed by atoms with Gasteiger partial charge in [0.15, 0.2) is 5.75 Å². The van der Waals surface area contributed by atoms with Gasteiger partial charge in [-0.3, -0.25) is 10.1 Å². The van der Waals surface area contributed by atoms with Gasteiger partial charge in [-0.15, -0.1) is 0 Å². The minimum Gasteiger partial charge on any atom is -0.487 e. The molecule has 1 fully saturated rings. The van der Waals surface area contributed by atoms with Crippen LogP contribution in [0.5, 0.6) is 5.75 Å². The van der Waals surface area contributed by atoms with Crippen LogP contribution in [0.15, 0.2) is 18.2 Å². The number of hydrogen-bond acceptors (Lipinski definition) is 6. The van der Waals surface area contributed by atoms with E-state index in [0.717, 1.165) is 38.3 Å². The highest BCUT2D eigenvalue weighted by molar-refractivity contribution is 5.57. The van der Waals surface area contributed by atoms with E-state index in [4.69, 9.17) is 4.74 Å². The predicted molar refractivity (Wildman–Crippen MR) is 81.6 cm³/mol. The lowest BCUT2D eigenvalue weighted by molar-refractivity contribution is -0.385. The van der Waals surface area contributed by atoms with Crippen molar-refractivity contribution in [3.63, 3.8) is 0 Å². The zero-order valence-electron chi connectivity index (χ0n) is 12.5. The van der Waals surface area contributed by atoms with Crippen LogP contribution in [0.2, 0.25) is 0 Å². The number of anilines is 1. The molecule has 1 aliphatic heterocycles. The monoisotopic (exact) mass is 294 g/mol. The lowest BCUT2D eigenvalue weighted by Gasteiger charge is -2.33. The Morgan fingerprint density at radius 2 is 2.05 bits per heavy atom. The summed E-state index contributed by atoms with van der Waals surface area (Å²) in [6.07, 6.45) is 0.813. The molecule has 0 unspecified atom stereocenters. The summed E-state index contributed by atoms with van der Waals surface area (Å²) in [5.74, 6) is 0.320. The summed E-state index contributed by atoms with van der Waals surface area (Å²) < 4.78 is 5.49. The Bertz CT molecular complexity index is 487. The van der Waals surface area contributed by atoms with E-state index in [-0.39, 0.29) is 5.69 Å². The largest absolute Gasteiger partial charge is 0.487 e. The van der Waals surface area contributed by atoms with E-state index >= 15 is 0 Å². The molecule has 0 radical (unpaired) electrons. The van der Waals surface area contributed by atoms with Crippen LogP contribution < -0.4 is 10.2 Å². The van der Waals surface area contributed by atoms with Gasteiger partial charge in [0.2, 0.25) is 0 Å². The third-order valence-corrected chi connectivity index (χ3v) is 3.41. The predicted octanol–water partition coefficient (Wildman–Crippen LogP) is 1.96. The van der Waals surface area contributed by atoms with Gasteiger partial charge in [-0.1, -0.05) is 6.92 Å². The van der Waals surface area contributed by atoms with Crippen molar-refractivity contribution >= 4 is 11.4 Å². The van der Waals surface area contributed by atoms with E-state index in [1.54, 1.807) is 12.1 Å².